The minimum absolute atomic E-state index is 0.0339. The summed E-state index contributed by atoms with van der Waals surface area (Å²) in [5, 5.41) is 5.36. The molecule has 2 rings (SSSR count). The van der Waals surface area contributed by atoms with E-state index in [-0.39, 0.29) is 23.4 Å². The predicted molar refractivity (Wildman–Crippen MR) is 82.4 cm³/mol. The molecule has 1 aromatic rings. The van der Waals surface area contributed by atoms with Gasteiger partial charge >= 0.3 is 0 Å². The molecule has 2 amide bonds. The normalized spacial score (nSPS) is 19.9. The first kappa shape index (κ1) is 15.9. The number of rotatable bonds is 4. The van der Waals surface area contributed by atoms with Crippen molar-refractivity contribution in [3.05, 3.63) is 29.5 Å². The summed E-state index contributed by atoms with van der Waals surface area (Å²) in [5.74, 6) is 0.682. The lowest BCUT2D eigenvalue weighted by Gasteiger charge is -2.27. The molecule has 2 N–H and O–H groups in total. The fourth-order valence-corrected chi connectivity index (χ4v) is 2.23. The average molecular weight is 304 g/mol. The zero-order valence-corrected chi connectivity index (χ0v) is 13.1. The molecule has 6 nitrogen and oxygen atoms in total. The Morgan fingerprint density at radius 2 is 1.82 bits per heavy atom. The molecule has 0 radical (unpaired) electrons. The number of amides is 2. The molecule has 6 heteroatoms. The van der Waals surface area contributed by atoms with Crippen molar-refractivity contribution in [3.8, 4) is 11.5 Å². The second-order valence-corrected chi connectivity index (χ2v) is 5.36. The molecule has 1 fully saturated rings. The number of ether oxygens (including phenoxy) is 2. The van der Waals surface area contributed by atoms with Gasteiger partial charge in [-0.1, -0.05) is 19.9 Å². The second kappa shape index (κ2) is 6.51. The van der Waals surface area contributed by atoms with E-state index in [0.717, 1.165) is 5.56 Å². The SMILES string of the molecule is COc1ccc(/C=C2\NC(=O)[C@H](C(C)C)NC2=O)cc1OC. The summed E-state index contributed by atoms with van der Waals surface area (Å²) < 4.78 is 10.4. The highest BCUT2D eigenvalue weighted by atomic mass is 16.5. The third-order valence-electron chi connectivity index (χ3n) is 3.46. The summed E-state index contributed by atoms with van der Waals surface area (Å²) in [6, 6.07) is 4.75. The van der Waals surface area contributed by atoms with Gasteiger partial charge in [-0.25, -0.2) is 0 Å². The van der Waals surface area contributed by atoms with Crippen molar-refractivity contribution in [1.29, 1.82) is 0 Å². The minimum atomic E-state index is -0.505. The van der Waals surface area contributed by atoms with E-state index < -0.39 is 6.04 Å². The third kappa shape index (κ3) is 3.21. The predicted octanol–water partition coefficient (Wildman–Crippen LogP) is 1.32. The highest BCUT2D eigenvalue weighted by Crippen LogP contribution is 2.28. The van der Waals surface area contributed by atoms with Crippen LogP contribution >= 0.6 is 0 Å². The highest BCUT2D eigenvalue weighted by Gasteiger charge is 2.31. The molecule has 0 bridgehead atoms. The van der Waals surface area contributed by atoms with Crippen molar-refractivity contribution in [3.63, 3.8) is 0 Å². The van der Waals surface area contributed by atoms with Crippen molar-refractivity contribution >= 4 is 17.9 Å². The Labute approximate surface area is 129 Å². The summed E-state index contributed by atoms with van der Waals surface area (Å²) >= 11 is 0. The fourth-order valence-electron chi connectivity index (χ4n) is 2.23. The van der Waals surface area contributed by atoms with Crippen LogP contribution in [0.15, 0.2) is 23.9 Å². The van der Waals surface area contributed by atoms with Gasteiger partial charge in [0.2, 0.25) is 5.91 Å². The lowest BCUT2D eigenvalue weighted by atomic mass is 10.0. The number of hydrogen-bond donors (Lipinski definition) is 2. The molecule has 0 saturated carbocycles. The zero-order chi connectivity index (χ0) is 16.3. The Bertz CT molecular complexity index is 623. The van der Waals surface area contributed by atoms with Crippen LogP contribution in [-0.4, -0.2) is 32.1 Å². The minimum Gasteiger partial charge on any atom is -0.493 e. The lowest BCUT2D eigenvalue weighted by molar-refractivity contribution is -0.132. The summed E-state index contributed by atoms with van der Waals surface area (Å²) in [6.07, 6.45) is 1.60. The van der Waals surface area contributed by atoms with Crippen molar-refractivity contribution in [2.45, 2.75) is 19.9 Å². The monoisotopic (exact) mass is 304 g/mol. The quantitative estimate of drug-likeness (QED) is 0.822. The average Bonchev–Trinajstić information content (AvgIpc) is 2.50. The largest absolute Gasteiger partial charge is 0.493 e. The Morgan fingerprint density at radius 3 is 2.41 bits per heavy atom. The first-order valence-corrected chi connectivity index (χ1v) is 7.01. The highest BCUT2D eigenvalue weighted by molar-refractivity contribution is 6.07. The fraction of sp³-hybridized carbons (Fsp3) is 0.375. The van der Waals surface area contributed by atoms with Gasteiger partial charge in [0, 0.05) is 0 Å². The molecule has 1 aliphatic heterocycles. The molecule has 118 valence electrons. The molecule has 22 heavy (non-hydrogen) atoms. The van der Waals surface area contributed by atoms with Crippen LogP contribution in [0.1, 0.15) is 19.4 Å². The van der Waals surface area contributed by atoms with Gasteiger partial charge in [0.1, 0.15) is 11.7 Å². The number of benzene rings is 1. The number of piperazine rings is 1. The van der Waals surface area contributed by atoms with Crippen LogP contribution in [0.3, 0.4) is 0 Å². The summed E-state index contributed by atoms with van der Waals surface area (Å²) in [6.45, 7) is 3.77. The van der Waals surface area contributed by atoms with Crippen molar-refractivity contribution in [2.75, 3.05) is 14.2 Å². The van der Waals surface area contributed by atoms with E-state index in [9.17, 15) is 9.59 Å². The van der Waals surface area contributed by atoms with Gasteiger partial charge in [0.05, 0.1) is 14.2 Å². The van der Waals surface area contributed by atoms with E-state index in [2.05, 4.69) is 10.6 Å². The van der Waals surface area contributed by atoms with Crippen LogP contribution in [0.5, 0.6) is 11.5 Å². The molecule has 0 spiro atoms. The topological polar surface area (TPSA) is 76.7 Å². The molecule has 1 aliphatic rings. The summed E-state index contributed by atoms with van der Waals surface area (Å²) in [7, 11) is 3.09. The standard InChI is InChI=1S/C16H20N2O4/c1-9(2)14-16(20)17-11(15(19)18-14)7-10-5-6-12(21-3)13(8-10)22-4/h5-9,14H,1-4H3,(H,17,20)(H,18,19)/b11-7-/t14-/m0/s1. The molecule has 0 aliphatic carbocycles. The molecular formula is C16H20N2O4. The Morgan fingerprint density at radius 1 is 1.14 bits per heavy atom. The maximum Gasteiger partial charge on any atom is 0.268 e. The molecule has 1 saturated heterocycles. The van der Waals surface area contributed by atoms with E-state index in [1.54, 1.807) is 31.4 Å². The first-order valence-electron chi connectivity index (χ1n) is 7.01. The smallest absolute Gasteiger partial charge is 0.268 e. The van der Waals surface area contributed by atoms with Gasteiger partial charge in [-0.05, 0) is 29.7 Å². The number of carbonyl (C=O) groups excluding carboxylic acids is 2. The molecule has 0 aromatic heterocycles. The van der Waals surface area contributed by atoms with E-state index in [0.29, 0.717) is 11.5 Å². The number of carbonyl (C=O) groups is 2. The van der Waals surface area contributed by atoms with Crippen LogP contribution in [0.4, 0.5) is 0 Å². The van der Waals surface area contributed by atoms with E-state index in [1.807, 2.05) is 13.8 Å². The van der Waals surface area contributed by atoms with Crippen LogP contribution in [0, 0.1) is 5.92 Å². The second-order valence-electron chi connectivity index (χ2n) is 5.36. The molecular weight excluding hydrogens is 284 g/mol. The van der Waals surface area contributed by atoms with Crippen LogP contribution in [0.2, 0.25) is 0 Å². The number of methoxy groups -OCH3 is 2. The molecule has 0 unspecified atom stereocenters. The van der Waals surface area contributed by atoms with Gasteiger partial charge in [-0.2, -0.15) is 0 Å². The Kier molecular flexibility index (Phi) is 4.70. The van der Waals surface area contributed by atoms with Gasteiger partial charge < -0.3 is 20.1 Å². The Hall–Kier alpha value is -2.50. The first-order chi connectivity index (χ1) is 10.5. The van der Waals surface area contributed by atoms with Gasteiger partial charge in [0.15, 0.2) is 11.5 Å². The summed E-state index contributed by atoms with van der Waals surface area (Å²) in [5.41, 5.74) is 0.945. The van der Waals surface area contributed by atoms with Crippen molar-refractivity contribution < 1.29 is 19.1 Å². The third-order valence-corrected chi connectivity index (χ3v) is 3.46. The van der Waals surface area contributed by atoms with Gasteiger partial charge in [-0.15, -0.1) is 0 Å². The van der Waals surface area contributed by atoms with E-state index in [4.69, 9.17) is 9.47 Å². The lowest BCUT2D eigenvalue weighted by Crippen LogP contribution is -2.56. The van der Waals surface area contributed by atoms with Gasteiger partial charge in [-0.3, -0.25) is 9.59 Å². The molecule has 1 heterocycles. The van der Waals surface area contributed by atoms with Crippen molar-refractivity contribution in [2.24, 2.45) is 5.92 Å². The zero-order valence-electron chi connectivity index (χ0n) is 13.1. The van der Waals surface area contributed by atoms with Crippen LogP contribution in [-0.2, 0) is 9.59 Å². The number of hydrogen-bond acceptors (Lipinski definition) is 4. The van der Waals surface area contributed by atoms with Crippen LogP contribution < -0.4 is 20.1 Å². The van der Waals surface area contributed by atoms with E-state index in [1.165, 1.54) is 7.11 Å². The Balaban J connectivity index is 2.26. The number of nitrogens with one attached hydrogen (secondary N) is 2. The van der Waals surface area contributed by atoms with Crippen LogP contribution in [0.25, 0.3) is 6.08 Å². The van der Waals surface area contributed by atoms with Gasteiger partial charge in [0.25, 0.3) is 5.91 Å². The van der Waals surface area contributed by atoms with Crippen molar-refractivity contribution in [1.82, 2.24) is 10.6 Å². The molecule has 1 atom stereocenters. The molecule has 1 aromatic carbocycles. The maximum atomic E-state index is 12.1. The maximum absolute atomic E-state index is 12.1. The van der Waals surface area contributed by atoms with E-state index >= 15 is 0 Å². The summed E-state index contributed by atoms with van der Waals surface area (Å²) in [4.78, 5) is 24.1.